The minimum Gasteiger partial charge on any atom is -0.370 e. The maximum absolute atomic E-state index is 14.2. The summed E-state index contributed by atoms with van der Waals surface area (Å²) in [6, 6.07) is 26.5. The van der Waals surface area contributed by atoms with Crippen molar-refractivity contribution < 1.29 is 17.6 Å². The van der Waals surface area contributed by atoms with E-state index in [4.69, 9.17) is 4.74 Å². The lowest BCUT2D eigenvalue weighted by atomic mass is 10.1. The van der Waals surface area contributed by atoms with Crippen molar-refractivity contribution in [2.75, 3.05) is 39.4 Å². The third-order valence-corrected chi connectivity index (χ3v) is 10.1. The molecule has 0 saturated carbocycles. The van der Waals surface area contributed by atoms with Crippen LogP contribution in [-0.2, 0) is 27.8 Å². The SMILES string of the molecule is Cc1cc(C)cc(CN(CCC[N+]2(Cc3cc(C)cc(C)c3)CCOCC2)S(=O)(=O)c2ccc3ccccc3c2)c1. The van der Waals surface area contributed by atoms with E-state index in [0.717, 1.165) is 77.8 Å². The van der Waals surface area contributed by atoms with Gasteiger partial charge in [0.1, 0.15) is 19.6 Å². The first kappa shape index (κ1) is 29.5. The maximum atomic E-state index is 14.2. The second kappa shape index (κ2) is 12.5. The highest BCUT2D eigenvalue weighted by molar-refractivity contribution is 7.89. The molecule has 0 radical (unpaired) electrons. The standard InChI is InChI=1S/C35H43N2O3S/c1-27-18-28(2)21-31(20-27)25-36(41(38,39)35-11-10-33-8-5-6-9-34(33)24-35)12-7-13-37(14-16-40-17-15-37)26-32-22-29(3)19-30(4)23-32/h5-6,8-11,18-24H,7,12-17,25-26H2,1-4H3/q+1. The highest BCUT2D eigenvalue weighted by atomic mass is 32.2. The molecule has 0 unspecified atom stereocenters. The first-order valence-corrected chi connectivity index (χ1v) is 16.1. The van der Waals surface area contributed by atoms with Crippen LogP contribution in [0.1, 0.15) is 39.8 Å². The summed E-state index contributed by atoms with van der Waals surface area (Å²) in [5.41, 5.74) is 7.24. The van der Waals surface area contributed by atoms with E-state index >= 15 is 0 Å². The molecule has 1 aliphatic rings. The number of ether oxygens (including phenoxy) is 1. The van der Waals surface area contributed by atoms with Gasteiger partial charge in [0.05, 0.1) is 24.7 Å². The number of benzene rings is 4. The van der Waals surface area contributed by atoms with Crippen LogP contribution < -0.4 is 0 Å². The molecule has 0 aliphatic carbocycles. The predicted molar refractivity (Wildman–Crippen MR) is 167 cm³/mol. The van der Waals surface area contributed by atoms with E-state index in [0.29, 0.717) is 18.0 Å². The van der Waals surface area contributed by atoms with E-state index in [1.807, 2.05) is 36.4 Å². The number of hydrogen-bond donors (Lipinski definition) is 0. The average molecular weight is 572 g/mol. The van der Waals surface area contributed by atoms with Crippen molar-refractivity contribution in [1.82, 2.24) is 4.31 Å². The van der Waals surface area contributed by atoms with Crippen LogP contribution in [0.4, 0.5) is 0 Å². The molecule has 5 rings (SSSR count). The Morgan fingerprint density at radius 2 is 1.32 bits per heavy atom. The third-order valence-electron chi connectivity index (χ3n) is 8.26. The monoisotopic (exact) mass is 571 g/mol. The summed E-state index contributed by atoms with van der Waals surface area (Å²) < 4.78 is 36.7. The molecule has 6 heteroatoms. The number of aryl methyl sites for hydroxylation is 4. The molecule has 0 spiro atoms. The van der Waals surface area contributed by atoms with Gasteiger partial charge in [-0.25, -0.2) is 8.42 Å². The molecule has 0 bridgehead atoms. The van der Waals surface area contributed by atoms with Gasteiger partial charge in [0, 0.05) is 25.1 Å². The number of fused-ring (bicyclic) bond motifs is 1. The first-order valence-electron chi connectivity index (χ1n) is 14.7. The Kier molecular flexibility index (Phi) is 8.95. The van der Waals surface area contributed by atoms with Crippen LogP contribution in [0, 0.1) is 27.7 Å². The quantitative estimate of drug-likeness (QED) is 0.199. The molecule has 1 heterocycles. The summed E-state index contributed by atoms with van der Waals surface area (Å²) in [6.45, 7) is 14.5. The van der Waals surface area contributed by atoms with Crippen LogP contribution >= 0.6 is 0 Å². The molecule has 1 fully saturated rings. The second-order valence-electron chi connectivity index (χ2n) is 12.0. The lowest BCUT2D eigenvalue weighted by Gasteiger charge is -2.42. The maximum Gasteiger partial charge on any atom is 0.243 e. The molecular weight excluding hydrogens is 528 g/mol. The molecule has 0 amide bonds. The van der Waals surface area contributed by atoms with Gasteiger partial charge in [0.2, 0.25) is 10.0 Å². The fraction of sp³-hybridized carbons (Fsp3) is 0.371. The Morgan fingerprint density at radius 3 is 1.95 bits per heavy atom. The molecule has 4 aromatic carbocycles. The molecule has 0 N–H and O–H groups in total. The number of nitrogens with zero attached hydrogens (tertiary/aromatic N) is 2. The molecular formula is C35H43N2O3S+. The highest BCUT2D eigenvalue weighted by Crippen LogP contribution is 2.26. The molecule has 5 nitrogen and oxygen atoms in total. The zero-order valence-electron chi connectivity index (χ0n) is 24.9. The van der Waals surface area contributed by atoms with E-state index in [-0.39, 0.29) is 0 Å². The normalized spacial score (nSPS) is 15.4. The summed E-state index contributed by atoms with van der Waals surface area (Å²) in [5, 5.41) is 1.98. The van der Waals surface area contributed by atoms with Crippen LogP contribution in [0.15, 0.2) is 83.8 Å². The van der Waals surface area contributed by atoms with Gasteiger partial charge in [0.15, 0.2) is 0 Å². The van der Waals surface area contributed by atoms with Crippen LogP contribution in [0.25, 0.3) is 10.8 Å². The van der Waals surface area contributed by atoms with Crippen molar-refractivity contribution in [2.45, 2.75) is 52.1 Å². The van der Waals surface area contributed by atoms with Gasteiger partial charge in [-0.1, -0.05) is 89.0 Å². The average Bonchev–Trinajstić information content (AvgIpc) is 2.91. The summed E-state index contributed by atoms with van der Waals surface area (Å²) in [5.74, 6) is 0. The fourth-order valence-corrected chi connectivity index (χ4v) is 7.95. The van der Waals surface area contributed by atoms with Gasteiger partial charge < -0.3 is 9.22 Å². The van der Waals surface area contributed by atoms with Crippen molar-refractivity contribution in [1.29, 1.82) is 0 Å². The molecule has 0 atom stereocenters. The topological polar surface area (TPSA) is 46.6 Å². The number of hydrogen-bond acceptors (Lipinski definition) is 3. The largest absolute Gasteiger partial charge is 0.370 e. The Morgan fingerprint density at radius 1 is 0.732 bits per heavy atom. The van der Waals surface area contributed by atoms with Crippen LogP contribution in [0.2, 0.25) is 0 Å². The highest BCUT2D eigenvalue weighted by Gasteiger charge is 2.32. The summed E-state index contributed by atoms with van der Waals surface area (Å²) in [6.07, 6.45) is 0.780. The van der Waals surface area contributed by atoms with Crippen molar-refractivity contribution in [2.24, 2.45) is 0 Å². The number of rotatable bonds is 10. The van der Waals surface area contributed by atoms with Crippen molar-refractivity contribution in [3.05, 3.63) is 112 Å². The van der Waals surface area contributed by atoms with Gasteiger partial charge in [-0.2, -0.15) is 4.31 Å². The zero-order valence-corrected chi connectivity index (χ0v) is 25.7. The van der Waals surface area contributed by atoms with Crippen LogP contribution in [-0.4, -0.2) is 56.6 Å². The number of morpholine rings is 1. The summed E-state index contributed by atoms with van der Waals surface area (Å²) in [7, 11) is -3.71. The Balaban J connectivity index is 1.41. The smallest absolute Gasteiger partial charge is 0.243 e. The lowest BCUT2D eigenvalue weighted by Crippen LogP contribution is -2.55. The Labute approximate surface area is 246 Å². The first-order chi connectivity index (χ1) is 19.6. The Bertz CT molecular complexity index is 1580. The molecule has 216 valence electrons. The number of quaternary nitrogens is 1. The van der Waals surface area contributed by atoms with Crippen molar-refractivity contribution in [3.8, 4) is 0 Å². The second-order valence-corrected chi connectivity index (χ2v) is 13.9. The Hall–Kier alpha value is -3.03. The van der Waals surface area contributed by atoms with Crippen molar-refractivity contribution >= 4 is 20.8 Å². The summed E-state index contributed by atoms with van der Waals surface area (Å²) >= 11 is 0. The molecule has 41 heavy (non-hydrogen) atoms. The van der Waals surface area contributed by atoms with E-state index in [1.54, 1.807) is 10.4 Å². The third kappa shape index (κ3) is 7.25. The summed E-state index contributed by atoms with van der Waals surface area (Å²) in [4.78, 5) is 0.353. The lowest BCUT2D eigenvalue weighted by molar-refractivity contribution is -0.947. The van der Waals surface area contributed by atoms with Gasteiger partial charge >= 0.3 is 0 Å². The van der Waals surface area contributed by atoms with Crippen molar-refractivity contribution in [3.63, 3.8) is 0 Å². The van der Waals surface area contributed by atoms with Gasteiger partial charge in [-0.15, -0.1) is 0 Å². The minimum atomic E-state index is -3.71. The van der Waals surface area contributed by atoms with E-state index < -0.39 is 10.0 Å². The van der Waals surface area contributed by atoms with Gasteiger partial charge in [-0.3, -0.25) is 0 Å². The zero-order chi connectivity index (χ0) is 29.0. The molecule has 1 aliphatic heterocycles. The molecule has 0 aromatic heterocycles. The van der Waals surface area contributed by atoms with Gasteiger partial charge in [0.25, 0.3) is 0 Å². The van der Waals surface area contributed by atoms with E-state index in [1.165, 1.54) is 16.7 Å². The molecule has 1 saturated heterocycles. The van der Waals surface area contributed by atoms with Crippen LogP contribution in [0.3, 0.4) is 0 Å². The minimum absolute atomic E-state index is 0.353. The van der Waals surface area contributed by atoms with E-state index in [2.05, 4.69) is 64.1 Å². The molecule has 4 aromatic rings. The van der Waals surface area contributed by atoms with Crippen LogP contribution in [0.5, 0.6) is 0 Å². The van der Waals surface area contributed by atoms with Gasteiger partial charge in [-0.05, 0) is 56.2 Å². The van der Waals surface area contributed by atoms with E-state index in [9.17, 15) is 8.42 Å². The number of sulfonamides is 1. The fourth-order valence-electron chi connectivity index (χ4n) is 6.45. The predicted octanol–water partition coefficient (Wildman–Crippen LogP) is 6.70.